The minimum absolute atomic E-state index is 0. The van der Waals surface area contributed by atoms with Gasteiger partial charge in [-0.15, -0.1) is 17.7 Å². The fourth-order valence-corrected chi connectivity index (χ4v) is 1.53. The van der Waals surface area contributed by atoms with E-state index in [1.54, 1.807) is 0 Å². The standard InChI is InChI=1S/C14H19O.BrH.Mg/c1-4-5-6-7-11-15-14-12(2)9-8-10-13(14)3;;/h4,9-10H,1,5-7,11H2,2-3H3;1H;/q-1;;+2/p-1. The second kappa shape index (κ2) is 11.1. The van der Waals surface area contributed by atoms with Gasteiger partial charge in [0.05, 0.1) is 6.61 Å². The van der Waals surface area contributed by atoms with Crippen molar-refractivity contribution in [3.8, 4) is 5.75 Å². The van der Waals surface area contributed by atoms with E-state index in [4.69, 9.17) is 4.74 Å². The van der Waals surface area contributed by atoms with Crippen molar-refractivity contribution in [2.24, 2.45) is 0 Å². The maximum atomic E-state index is 5.76. The van der Waals surface area contributed by atoms with Crippen LogP contribution in [0.2, 0.25) is 0 Å². The maximum absolute atomic E-state index is 5.76. The Morgan fingerprint density at radius 1 is 1.24 bits per heavy atom. The maximum Gasteiger partial charge on any atom is 2.00 e. The Kier molecular flexibility index (Phi) is 12.7. The van der Waals surface area contributed by atoms with Crippen molar-refractivity contribution in [2.75, 3.05) is 6.61 Å². The van der Waals surface area contributed by atoms with E-state index in [1.165, 1.54) is 11.1 Å². The van der Waals surface area contributed by atoms with Gasteiger partial charge in [0.2, 0.25) is 0 Å². The summed E-state index contributed by atoms with van der Waals surface area (Å²) in [4.78, 5) is 0. The molecule has 0 radical (unpaired) electrons. The first-order valence-corrected chi connectivity index (χ1v) is 5.46. The number of ether oxygens (including phenoxy) is 1. The van der Waals surface area contributed by atoms with E-state index < -0.39 is 0 Å². The van der Waals surface area contributed by atoms with Gasteiger partial charge in [-0.3, -0.25) is 0 Å². The zero-order valence-electron chi connectivity index (χ0n) is 10.8. The molecule has 0 aliphatic rings. The summed E-state index contributed by atoms with van der Waals surface area (Å²) in [5, 5.41) is 0. The zero-order valence-corrected chi connectivity index (χ0v) is 13.8. The van der Waals surface area contributed by atoms with E-state index in [1.807, 2.05) is 18.2 Å². The number of allylic oxidation sites excluding steroid dienone is 1. The summed E-state index contributed by atoms with van der Waals surface area (Å²) in [6, 6.07) is 7.02. The first kappa shape index (κ1) is 19.3. The molecule has 0 saturated heterocycles. The number of hydrogen-bond acceptors (Lipinski definition) is 1. The molecule has 0 unspecified atom stereocenters. The largest absolute Gasteiger partial charge is 2.00 e. The van der Waals surface area contributed by atoms with Crippen LogP contribution in [0.15, 0.2) is 24.8 Å². The average molecular weight is 308 g/mol. The number of unbranched alkanes of at least 4 members (excludes halogenated alkanes) is 2. The quantitative estimate of drug-likeness (QED) is 0.321. The van der Waals surface area contributed by atoms with Gasteiger partial charge < -0.3 is 21.7 Å². The van der Waals surface area contributed by atoms with Gasteiger partial charge in [0, 0.05) is 5.75 Å². The second-order valence-electron chi connectivity index (χ2n) is 3.78. The summed E-state index contributed by atoms with van der Waals surface area (Å²) < 4.78 is 5.76. The molecule has 0 amide bonds. The molecule has 0 bridgehead atoms. The number of aryl methyl sites for hydroxylation is 2. The van der Waals surface area contributed by atoms with Crippen LogP contribution >= 0.6 is 0 Å². The molecule has 0 aromatic heterocycles. The van der Waals surface area contributed by atoms with Gasteiger partial charge in [0.15, 0.2) is 0 Å². The summed E-state index contributed by atoms with van der Waals surface area (Å²) >= 11 is 0. The molecule has 0 aliphatic carbocycles. The fraction of sp³-hybridized carbons (Fsp3) is 0.429. The van der Waals surface area contributed by atoms with E-state index in [2.05, 4.69) is 26.5 Å². The first-order valence-electron chi connectivity index (χ1n) is 5.46. The molecule has 90 valence electrons. The van der Waals surface area contributed by atoms with Crippen LogP contribution in [0.1, 0.15) is 30.4 Å². The predicted octanol–water partition coefficient (Wildman–Crippen LogP) is 0.462. The summed E-state index contributed by atoms with van der Waals surface area (Å²) in [6.45, 7) is 8.61. The Hall–Kier alpha value is 0.00623. The first-order chi connectivity index (χ1) is 7.25. The van der Waals surface area contributed by atoms with E-state index >= 15 is 0 Å². The normalized spacial score (nSPS) is 8.82. The van der Waals surface area contributed by atoms with Crippen LogP contribution < -0.4 is 21.7 Å². The van der Waals surface area contributed by atoms with Crippen LogP contribution in [0.5, 0.6) is 5.75 Å². The fourth-order valence-electron chi connectivity index (χ4n) is 1.53. The Labute approximate surface area is 132 Å². The molecule has 1 aromatic carbocycles. The van der Waals surface area contributed by atoms with Crippen LogP contribution in [0.4, 0.5) is 0 Å². The SMILES string of the molecule is C=CCCCCOc1c(C)c[c-]cc1C.[Br-].[Mg+2]. The molecular weight excluding hydrogens is 288 g/mol. The van der Waals surface area contributed by atoms with Crippen LogP contribution in [-0.4, -0.2) is 29.7 Å². The van der Waals surface area contributed by atoms with Crippen molar-refractivity contribution in [3.63, 3.8) is 0 Å². The molecule has 0 N–H and O–H groups in total. The average Bonchev–Trinajstić information content (AvgIpc) is 2.21. The van der Waals surface area contributed by atoms with E-state index in [9.17, 15) is 0 Å². The molecule has 1 aromatic rings. The van der Waals surface area contributed by atoms with Crippen molar-refractivity contribution in [1.82, 2.24) is 0 Å². The van der Waals surface area contributed by atoms with Gasteiger partial charge in [-0.1, -0.05) is 19.9 Å². The minimum Gasteiger partial charge on any atom is -1.00 e. The summed E-state index contributed by atoms with van der Waals surface area (Å²) in [7, 11) is 0. The van der Waals surface area contributed by atoms with E-state index in [0.717, 1.165) is 31.6 Å². The smallest absolute Gasteiger partial charge is 1.00 e. The number of halogens is 1. The van der Waals surface area contributed by atoms with Crippen LogP contribution in [-0.2, 0) is 0 Å². The summed E-state index contributed by atoms with van der Waals surface area (Å²) in [5.41, 5.74) is 2.33. The van der Waals surface area contributed by atoms with Crippen molar-refractivity contribution < 1.29 is 21.7 Å². The molecule has 0 heterocycles. The summed E-state index contributed by atoms with van der Waals surface area (Å²) in [5.74, 6) is 1.02. The third kappa shape index (κ3) is 7.12. The number of benzene rings is 1. The molecule has 0 spiro atoms. The molecule has 1 nitrogen and oxygen atoms in total. The third-order valence-electron chi connectivity index (χ3n) is 2.36. The minimum atomic E-state index is 0. The molecule has 0 fully saturated rings. The molecule has 17 heavy (non-hydrogen) atoms. The topological polar surface area (TPSA) is 9.23 Å². The summed E-state index contributed by atoms with van der Waals surface area (Å²) in [6.07, 6.45) is 5.27. The van der Waals surface area contributed by atoms with Crippen molar-refractivity contribution in [2.45, 2.75) is 33.1 Å². The van der Waals surface area contributed by atoms with Crippen LogP contribution in [0.25, 0.3) is 0 Å². The Bertz CT molecular complexity index is 306. The Balaban J connectivity index is 0. The third-order valence-corrected chi connectivity index (χ3v) is 2.36. The molecule has 3 heteroatoms. The predicted molar refractivity (Wildman–Crippen MR) is 70.0 cm³/mol. The molecule has 0 aliphatic heterocycles. The van der Waals surface area contributed by atoms with Crippen molar-refractivity contribution in [1.29, 1.82) is 0 Å². The molecule has 0 atom stereocenters. The van der Waals surface area contributed by atoms with E-state index in [0.29, 0.717) is 0 Å². The number of rotatable bonds is 6. The van der Waals surface area contributed by atoms with Gasteiger partial charge in [0.25, 0.3) is 0 Å². The van der Waals surface area contributed by atoms with Crippen LogP contribution in [0, 0.1) is 19.9 Å². The molecule has 1 rings (SSSR count). The Morgan fingerprint density at radius 3 is 2.35 bits per heavy atom. The Morgan fingerprint density at radius 2 is 1.82 bits per heavy atom. The molecule has 0 saturated carbocycles. The molecular formula is C14H19BrMgO. The van der Waals surface area contributed by atoms with Gasteiger partial charge >= 0.3 is 23.1 Å². The number of hydrogen-bond donors (Lipinski definition) is 0. The second-order valence-corrected chi connectivity index (χ2v) is 3.78. The van der Waals surface area contributed by atoms with Gasteiger partial charge in [-0.05, 0) is 19.3 Å². The zero-order chi connectivity index (χ0) is 11.1. The van der Waals surface area contributed by atoms with E-state index in [-0.39, 0.29) is 40.0 Å². The van der Waals surface area contributed by atoms with Crippen molar-refractivity contribution >= 4 is 23.1 Å². The van der Waals surface area contributed by atoms with Crippen LogP contribution in [0.3, 0.4) is 0 Å². The monoisotopic (exact) mass is 306 g/mol. The van der Waals surface area contributed by atoms with Gasteiger partial charge in [-0.2, -0.15) is 18.2 Å². The van der Waals surface area contributed by atoms with Crippen molar-refractivity contribution in [3.05, 3.63) is 42.0 Å². The van der Waals surface area contributed by atoms with Gasteiger partial charge in [-0.25, -0.2) is 0 Å². The van der Waals surface area contributed by atoms with Gasteiger partial charge in [0.1, 0.15) is 0 Å².